The highest BCUT2D eigenvalue weighted by Crippen LogP contribution is 2.08. The van der Waals surface area contributed by atoms with Gasteiger partial charge in [-0.1, -0.05) is 0 Å². The molecule has 1 atom stereocenters. The van der Waals surface area contributed by atoms with Crippen molar-refractivity contribution in [1.82, 2.24) is 4.90 Å². The monoisotopic (exact) mass is 145 g/mol. The van der Waals surface area contributed by atoms with Gasteiger partial charge in [0.2, 0.25) is 0 Å². The van der Waals surface area contributed by atoms with E-state index >= 15 is 0 Å². The van der Waals surface area contributed by atoms with Crippen molar-refractivity contribution in [3.05, 3.63) is 0 Å². The minimum Gasteiger partial charge on any atom is -0.304 e. The van der Waals surface area contributed by atoms with Crippen LogP contribution in [0.5, 0.6) is 0 Å². The third-order valence-electron chi connectivity index (χ3n) is 1.60. The van der Waals surface area contributed by atoms with Gasteiger partial charge in [0.15, 0.2) is 0 Å². The van der Waals surface area contributed by atoms with Gasteiger partial charge in [-0.05, 0) is 7.05 Å². The highest BCUT2D eigenvalue weighted by atomic mass is 32.1. The molecule has 1 aliphatic heterocycles. The van der Waals surface area contributed by atoms with Crippen molar-refractivity contribution in [1.29, 1.82) is 0 Å². The van der Waals surface area contributed by atoms with Crippen molar-refractivity contribution in [3.63, 3.8) is 0 Å². The minimum absolute atomic E-state index is 0.0382. The first-order valence-electron chi connectivity index (χ1n) is 3.09. The Morgan fingerprint density at radius 1 is 1.78 bits per heavy atom. The smallest absolute Gasteiger partial charge is 0.148 e. The van der Waals surface area contributed by atoms with Gasteiger partial charge in [0.1, 0.15) is 5.78 Å². The first-order chi connectivity index (χ1) is 4.20. The number of thiol groups is 1. The van der Waals surface area contributed by atoms with Crippen LogP contribution in [-0.2, 0) is 4.79 Å². The van der Waals surface area contributed by atoms with E-state index in [2.05, 4.69) is 17.5 Å². The Balaban J connectivity index is 2.44. The maximum atomic E-state index is 10.8. The van der Waals surface area contributed by atoms with Crippen LogP contribution in [0.3, 0.4) is 0 Å². The summed E-state index contributed by atoms with van der Waals surface area (Å²) >= 11 is 4.12. The molecule has 1 rings (SSSR count). The van der Waals surface area contributed by atoms with E-state index < -0.39 is 0 Å². The average Bonchev–Trinajstić information content (AvgIpc) is 1.80. The van der Waals surface area contributed by atoms with Crippen LogP contribution in [-0.4, -0.2) is 36.1 Å². The van der Waals surface area contributed by atoms with E-state index in [1.807, 2.05) is 7.05 Å². The molecule has 1 aliphatic rings. The molecule has 9 heavy (non-hydrogen) atoms. The van der Waals surface area contributed by atoms with Gasteiger partial charge in [0.05, 0.1) is 5.25 Å². The fourth-order valence-electron chi connectivity index (χ4n) is 0.956. The van der Waals surface area contributed by atoms with Crippen LogP contribution >= 0.6 is 12.6 Å². The lowest BCUT2D eigenvalue weighted by atomic mass is 10.1. The van der Waals surface area contributed by atoms with Crippen LogP contribution < -0.4 is 0 Å². The Bertz CT molecular complexity index is 126. The van der Waals surface area contributed by atoms with Gasteiger partial charge in [-0.2, -0.15) is 12.6 Å². The fraction of sp³-hybridized carbons (Fsp3) is 0.833. The molecular formula is C6H11NOS. The summed E-state index contributed by atoms with van der Waals surface area (Å²) < 4.78 is 0. The Hall–Kier alpha value is -0.0200. The standard InChI is InChI=1S/C6H11NOS/c1-7-3-2-5(8)6(9)4-7/h6,9H,2-4H2,1H3. The molecule has 0 radical (unpaired) electrons. The van der Waals surface area contributed by atoms with Gasteiger partial charge in [0, 0.05) is 19.5 Å². The van der Waals surface area contributed by atoms with Crippen molar-refractivity contribution < 1.29 is 4.79 Å². The number of hydrogen-bond donors (Lipinski definition) is 1. The summed E-state index contributed by atoms with van der Waals surface area (Å²) in [4.78, 5) is 13.0. The largest absolute Gasteiger partial charge is 0.304 e. The zero-order valence-corrected chi connectivity index (χ0v) is 6.40. The second-order valence-corrected chi connectivity index (χ2v) is 3.12. The first-order valence-corrected chi connectivity index (χ1v) is 3.61. The van der Waals surface area contributed by atoms with E-state index in [9.17, 15) is 4.79 Å². The maximum absolute atomic E-state index is 10.8. The molecule has 1 heterocycles. The normalized spacial score (nSPS) is 30.9. The van der Waals surface area contributed by atoms with E-state index in [1.165, 1.54) is 0 Å². The van der Waals surface area contributed by atoms with Gasteiger partial charge in [-0.3, -0.25) is 4.79 Å². The van der Waals surface area contributed by atoms with E-state index in [-0.39, 0.29) is 11.0 Å². The van der Waals surface area contributed by atoms with Gasteiger partial charge < -0.3 is 4.90 Å². The number of rotatable bonds is 0. The lowest BCUT2D eigenvalue weighted by Crippen LogP contribution is -2.39. The number of carbonyl (C=O) groups is 1. The average molecular weight is 145 g/mol. The number of carbonyl (C=O) groups excluding carboxylic acids is 1. The van der Waals surface area contributed by atoms with Crippen molar-refractivity contribution in [3.8, 4) is 0 Å². The van der Waals surface area contributed by atoms with Crippen LogP contribution in [0.2, 0.25) is 0 Å². The summed E-state index contributed by atoms with van der Waals surface area (Å²) in [6.45, 7) is 1.71. The molecule has 0 aromatic rings. The Morgan fingerprint density at radius 2 is 2.44 bits per heavy atom. The van der Waals surface area contributed by atoms with Gasteiger partial charge >= 0.3 is 0 Å². The minimum atomic E-state index is -0.0382. The molecule has 0 spiro atoms. The second-order valence-electron chi connectivity index (χ2n) is 2.49. The zero-order chi connectivity index (χ0) is 6.85. The molecule has 0 saturated carbocycles. The molecule has 0 aromatic carbocycles. The molecule has 3 heteroatoms. The molecule has 1 fully saturated rings. The Labute approximate surface area is 60.6 Å². The first kappa shape index (κ1) is 7.09. The number of Topliss-reactive ketones (excluding diaryl/α,β-unsaturated/α-hetero) is 1. The maximum Gasteiger partial charge on any atom is 0.148 e. The Kier molecular flexibility index (Phi) is 2.13. The fourth-order valence-corrected chi connectivity index (χ4v) is 1.36. The lowest BCUT2D eigenvalue weighted by molar-refractivity contribution is -0.120. The topological polar surface area (TPSA) is 20.3 Å². The van der Waals surface area contributed by atoms with Crippen LogP contribution in [0.1, 0.15) is 6.42 Å². The molecule has 0 amide bonds. The van der Waals surface area contributed by atoms with E-state index in [0.29, 0.717) is 6.42 Å². The number of ketones is 1. The van der Waals surface area contributed by atoms with Crippen molar-refractivity contribution in [2.75, 3.05) is 20.1 Å². The number of piperidine rings is 1. The molecule has 1 unspecified atom stereocenters. The lowest BCUT2D eigenvalue weighted by Gasteiger charge is -2.25. The molecule has 2 nitrogen and oxygen atoms in total. The van der Waals surface area contributed by atoms with Crippen LogP contribution in [0.4, 0.5) is 0 Å². The third-order valence-corrected chi connectivity index (χ3v) is 2.05. The Morgan fingerprint density at radius 3 is 2.89 bits per heavy atom. The van der Waals surface area contributed by atoms with Gasteiger partial charge in [-0.25, -0.2) is 0 Å². The molecule has 0 aromatic heterocycles. The van der Waals surface area contributed by atoms with E-state index in [0.717, 1.165) is 13.1 Å². The zero-order valence-electron chi connectivity index (χ0n) is 5.50. The SMILES string of the molecule is CN1CCC(=O)C(S)C1. The van der Waals surface area contributed by atoms with Crippen molar-refractivity contribution in [2.24, 2.45) is 0 Å². The summed E-state index contributed by atoms with van der Waals surface area (Å²) in [5, 5.41) is -0.0382. The van der Waals surface area contributed by atoms with Crippen molar-refractivity contribution >= 4 is 18.4 Å². The summed E-state index contributed by atoms with van der Waals surface area (Å²) in [5.74, 6) is 0.288. The van der Waals surface area contributed by atoms with Gasteiger partial charge in [0.25, 0.3) is 0 Å². The summed E-state index contributed by atoms with van der Waals surface area (Å²) in [5.41, 5.74) is 0. The summed E-state index contributed by atoms with van der Waals surface area (Å²) in [7, 11) is 2.01. The number of nitrogens with zero attached hydrogens (tertiary/aromatic N) is 1. The summed E-state index contributed by atoms with van der Waals surface area (Å²) in [6, 6.07) is 0. The molecular weight excluding hydrogens is 134 g/mol. The molecule has 52 valence electrons. The van der Waals surface area contributed by atoms with Gasteiger partial charge in [-0.15, -0.1) is 0 Å². The van der Waals surface area contributed by atoms with E-state index in [1.54, 1.807) is 0 Å². The predicted octanol–water partition coefficient (Wildman–Crippen LogP) is 0.189. The highest BCUT2D eigenvalue weighted by molar-refractivity contribution is 7.81. The second kappa shape index (κ2) is 2.71. The van der Waals surface area contributed by atoms with Crippen LogP contribution in [0.25, 0.3) is 0 Å². The number of likely N-dealkylation sites (tertiary alicyclic amines) is 1. The van der Waals surface area contributed by atoms with E-state index in [4.69, 9.17) is 0 Å². The molecule has 0 N–H and O–H groups in total. The van der Waals surface area contributed by atoms with Crippen LogP contribution in [0, 0.1) is 0 Å². The summed E-state index contributed by atoms with van der Waals surface area (Å²) in [6.07, 6.45) is 0.671. The molecule has 0 aliphatic carbocycles. The number of hydrogen-bond acceptors (Lipinski definition) is 3. The predicted molar refractivity (Wildman–Crippen MR) is 39.9 cm³/mol. The molecule has 1 saturated heterocycles. The highest BCUT2D eigenvalue weighted by Gasteiger charge is 2.20. The third kappa shape index (κ3) is 1.69. The molecule has 0 bridgehead atoms. The quantitative estimate of drug-likeness (QED) is 0.491. The van der Waals surface area contributed by atoms with Crippen molar-refractivity contribution in [2.45, 2.75) is 11.7 Å². The van der Waals surface area contributed by atoms with Crippen LogP contribution in [0.15, 0.2) is 0 Å².